The summed E-state index contributed by atoms with van der Waals surface area (Å²) in [6.07, 6.45) is 1.20. The number of aromatic hydroxyl groups is 1. The van der Waals surface area contributed by atoms with E-state index in [2.05, 4.69) is 31.5 Å². The second-order valence-electron chi connectivity index (χ2n) is 17.2. The van der Waals surface area contributed by atoms with Crippen LogP contribution in [0.4, 0.5) is 0 Å². The molecule has 2 fully saturated rings. The number of aliphatic hydroxyl groups is 1. The van der Waals surface area contributed by atoms with Crippen molar-refractivity contribution < 1.29 is 43.5 Å². The largest absolute Gasteiger partial charge is 0.504 e. The highest BCUT2D eigenvalue weighted by atomic mass is 32.2. The van der Waals surface area contributed by atoms with Gasteiger partial charge >= 0.3 is 11.9 Å². The number of para-hydroxylation sites is 1. The Morgan fingerprint density at radius 1 is 1.16 bits per heavy atom. The number of aromatic nitrogens is 1. The summed E-state index contributed by atoms with van der Waals surface area (Å²) >= 11 is 1.63. The summed E-state index contributed by atoms with van der Waals surface area (Å²) in [5, 5.41) is 33.1. The number of carbonyl (C=O) groups excluding carboxylic acids is 2. The number of nitrogens with one attached hydrogen (secondary N) is 3. The maximum atomic E-state index is 15.7. The van der Waals surface area contributed by atoms with Crippen molar-refractivity contribution in [2.75, 3.05) is 46.8 Å². The van der Waals surface area contributed by atoms with Gasteiger partial charge in [0.2, 0.25) is 6.79 Å². The summed E-state index contributed by atoms with van der Waals surface area (Å²) in [4.78, 5) is 36.8. The molecule has 5 N–H and O–H groups in total. The van der Waals surface area contributed by atoms with Crippen LogP contribution in [0.5, 0.6) is 28.7 Å². The maximum absolute atomic E-state index is 15.7. The van der Waals surface area contributed by atoms with E-state index in [-0.39, 0.29) is 43.7 Å². The molecule has 58 heavy (non-hydrogen) atoms. The van der Waals surface area contributed by atoms with E-state index < -0.39 is 52.2 Å². The Morgan fingerprint density at radius 2 is 1.95 bits per heavy atom. The van der Waals surface area contributed by atoms with Crippen LogP contribution in [0.15, 0.2) is 30.3 Å². The van der Waals surface area contributed by atoms with Crippen LogP contribution < -0.4 is 29.6 Å². The van der Waals surface area contributed by atoms with E-state index in [9.17, 15) is 15.0 Å². The number of esters is 2. The minimum absolute atomic E-state index is 0.0374. The molecule has 1 aliphatic carbocycles. The third-order valence-electron chi connectivity index (χ3n) is 14.0. The fraction of sp³-hybridized carbons (Fsp3) is 0.488. The number of phenols is 1. The first-order valence-corrected chi connectivity index (χ1v) is 21.0. The minimum atomic E-state index is -1.44. The van der Waals surface area contributed by atoms with Gasteiger partial charge in [0.15, 0.2) is 34.1 Å². The predicted octanol–water partition coefficient (Wildman–Crippen LogP) is 3.70. The van der Waals surface area contributed by atoms with Crippen LogP contribution in [0.2, 0.25) is 0 Å². The maximum Gasteiger partial charge on any atom is 0.334 e. The Labute approximate surface area is 339 Å². The summed E-state index contributed by atoms with van der Waals surface area (Å²) in [6.45, 7) is 5.95. The van der Waals surface area contributed by atoms with Crippen LogP contribution in [-0.4, -0.2) is 107 Å². The van der Waals surface area contributed by atoms with Crippen molar-refractivity contribution in [2.45, 2.75) is 86.3 Å². The smallest absolute Gasteiger partial charge is 0.334 e. The number of likely N-dealkylation sites (N-methyl/N-ethyl adjacent to an activating group) is 2. The molecule has 8 aliphatic rings. The van der Waals surface area contributed by atoms with Gasteiger partial charge < -0.3 is 44.2 Å². The molecule has 4 bridgehead atoms. The molecule has 4 aromatic rings. The number of hydrogen-bond donors (Lipinski definition) is 5. The molecule has 0 saturated carbocycles. The number of phenolic OH excluding ortho intramolecular Hbond substituents is 1. The number of fused-ring (bicyclic) bond motifs is 6. The van der Waals surface area contributed by atoms with Gasteiger partial charge in [-0.2, -0.15) is 0 Å². The summed E-state index contributed by atoms with van der Waals surface area (Å²) in [5.74, 6) is 1.00. The lowest BCUT2D eigenvalue weighted by Gasteiger charge is -2.61. The Hall–Kier alpha value is -4.51. The summed E-state index contributed by atoms with van der Waals surface area (Å²) in [6, 6.07) is 8.49. The normalized spacial score (nSPS) is 32.8. The standard InChI is InChI=1S/C43H47N5O9S/c1-19-11-22-13-41(52)16-47(5)31(28(22)33(50)34(19)53-6)32-39-43(14-27(48(32)41)29-30(43)35(56-21(3)49)20(2)36-37(29)55-18-54-36)57-40(51)42(17-58-39)38-25(12-23(46-42)15-44-4)24-9-7-8-10-26(24)45-38/h7-11,23,27,31-32,39,44-46,50,52H,12-18H2,1-6H3/t23?,27?,31-,32+,39-,41?,42+,43?/m0/s1. The molecule has 3 aromatic carbocycles. The molecule has 304 valence electrons. The molecule has 4 unspecified atom stereocenters. The quantitative estimate of drug-likeness (QED) is 0.150. The number of piperazine rings is 1. The van der Waals surface area contributed by atoms with Gasteiger partial charge in [-0.3, -0.25) is 19.9 Å². The van der Waals surface area contributed by atoms with Crippen LogP contribution in [0.3, 0.4) is 0 Å². The lowest BCUT2D eigenvalue weighted by atomic mass is 9.77. The van der Waals surface area contributed by atoms with Crippen LogP contribution >= 0.6 is 11.8 Å². The lowest BCUT2D eigenvalue weighted by Crippen LogP contribution is -2.72. The van der Waals surface area contributed by atoms with Gasteiger partial charge in [-0.1, -0.05) is 24.3 Å². The molecule has 0 amide bonds. The van der Waals surface area contributed by atoms with Gasteiger partial charge in [0, 0.05) is 89.9 Å². The summed E-state index contributed by atoms with van der Waals surface area (Å²) in [7, 11) is 5.44. The minimum Gasteiger partial charge on any atom is -0.504 e. The van der Waals surface area contributed by atoms with Crippen molar-refractivity contribution >= 4 is 34.6 Å². The number of nitrogens with zero attached hydrogens (tertiary/aromatic N) is 2. The second kappa shape index (κ2) is 12.3. The van der Waals surface area contributed by atoms with Crippen molar-refractivity contribution in [1.29, 1.82) is 0 Å². The molecular formula is C43H47N5O9S. The molecule has 0 radical (unpaired) electrons. The fourth-order valence-electron chi connectivity index (χ4n) is 12.1. The van der Waals surface area contributed by atoms with Crippen molar-refractivity contribution in [1.82, 2.24) is 25.4 Å². The van der Waals surface area contributed by atoms with Crippen molar-refractivity contribution in [2.24, 2.45) is 0 Å². The number of ether oxygens (including phenoxy) is 5. The van der Waals surface area contributed by atoms with Crippen LogP contribution in [0.25, 0.3) is 10.9 Å². The van der Waals surface area contributed by atoms with Gasteiger partial charge in [0.1, 0.15) is 11.5 Å². The van der Waals surface area contributed by atoms with E-state index >= 15 is 4.79 Å². The zero-order chi connectivity index (χ0) is 40.2. The van der Waals surface area contributed by atoms with E-state index in [1.165, 1.54) is 6.92 Å². The molecule has 8 atom stereocenters. The molecule has 14 nitrogen and oxygen atoms in total. The Kier molecular flexibility index (Phi) is 7.74. The molecule has 8 heterocycles. The number of methoxy groups -OCH3 is 1. The zero-order valence-electron chi connectivity index (χ0n) is 33.3. The number of aromatic amines is 1. The van der Waals surface area contributed by atoms with E-state index in [1.54, 1.807) is 18.9 Å². The first-order chi connectivity index (χ1) is 27.9. The third-order valence-corrected chi connectivity index (χ3v) is 15.6. The first-order valence-electron chi connectivity index (χ1n) is 20.0. The molecule has 2 spiro atoms. The number of rotatable bonds is 4. The second-order valence-corrected chi connectivity index (χ2v) is 18.4. The Morgan fingerprint density at radius 3 is 2.72 bits per heavy atom. The van der Waals surface area contributed by atoms with E-state index in [1.807, 2.05) is 52.2 Å². The monoisotopic (exact) mass is 809 g/mol. The highest BCUT2D eigenvalue weighted by Gasteiger charge is 2.73. The number of H-pyrrole nitrogens is 1. The van der Waals surface area contributed by atoms with Crippen LogP contribution in [0, 0.1) is 13.8 Å². The SMILES string of the molecule is CNCC1Cc2c([nH]c3ccccc23)[C@@]2(CS[C@H]3[C@H]4[C@@H]5c6c(cc(C)c(OC)c6O)CC(O)(CN5C)N4C4CC3(OC2=O)c2c(OC(C)=O)c(C)c3c(c24)OCO3)N1. The Balaban J connectivity index is 1.20. The zero-order valence-corrected chi connectivity index (χ0v) is 34.1. The van der Waals surface area contributed by atoms with E-state index in [0.29, 0.717) is 58.2 Å². The Bertz CT molecular complexity index is 2490. The average Bonchev–Trinajstić information content (AvgIpc) is 3.82. The number of piperidine rings is 1. The molecule has 2 saturated heterocycles. The van der Waals surface area contributed by atoms with Crippen molar-refractivity contribution in [3.05, 3.63) is 75.0 Å². The van der Waals surface area contributed by atoms with E-state index in [0.717, 1.165) is 33.3 Å². The molecule has 12 rings (SSSR count). The number of benzene rings is 3. The number of aryl methyl sites for hydroxylation is 1. The predicted molar refractivity (Wildman–Crippen MR) is 214 cm³/mol. The summed E-state index contributed by atoms with van der Waals surface area (Å²) < 4.78 is 31.7. The van der Waals surface area contributed by atoms with Crippen molar-refractivity contribution in [3.8, 4) is 28.7 Å². The average molecular weight is 810 g/mol. The topological polar surface area (TPSA) is 167 Å². The lowest BCUT2D eigenvalue weighted by molar-refractivity contribution is -0.234. The molecular weight excluding hydrogens is 763 g/mol. The summed E-state index contributed by atoms with van der Waals surface area (Å²) in [5.41, 5.74) is 2.80. The van der Waals surface area contributed by atoms with E-state index in [4.69, 9.17) is 23.7 Å². The van der Waals surface area contributed by atoms with Gasteiger partial charge in [-0.05, 0) is 57.1 Å². The van der Waals surface area contributed by atoms with Gasteiger partial charge in [-0.25, -0.2) is 4.79 Å². The first kappa shape index (κ1) is 36.6. The van der Waals surface area contributed by atoms with Gasteiger partial charge in [0.25, 0.3) is 0 Å². The van der Waals surface area contributed by atoms with Crippen LogP contribution in [0.1, 0.15) is 70.1 Å². The highest BCUT2D eigenvalue weighted by Crippen LogP contribution is 2.71. The third kappa shape index (κ3) is 4.52. The van der Waals surface area contributed by atoms with Crippen LogP contribution in [-0.2, 0) is 38.3 Å². The molecule has 1 aromatic heterocycles. The molecule has 15 heteroatoms. The number of carbonyl (C=O) groups is 2. The van der Waals surface area contributed by atoms with Gasteiger partial charge in [0.05, 0.1) is 24.1 Å². The van der Waals surface area contributed by atoms with Crippen molar-refractivity contribution in [3.63, 3.8) is 0 Å². The fourth-order valence-corrected chi connectivity index (χ4v) is 13.9. The highest BCUT2D eigenvalue weighted by molar-refractivity contribution is 8.00. The molecule has 7 aliphatic heterocycles. The van der Waals surface area contributed by atoms with Gasteiger partial charge in [-0.15, -0.1) is 11.8 Å². The number of hydrogen-bond acceptors (Lipinski definition) is 14. The number of thioether (sulfide) groups is 1.